The highest BCUT2D eigenvalue weighted by Crippen LogP contribution is 2.22. The van der Waals surface area contributed by atoms with Gasteiger partial charge in [-0.3, -0.25) is 24.6 Å². The number of aromatic nitrogens is 5. The van der Waals surface area contributed by atoms with Gasteiger partial charge in [-0.2, -0.15) is 4.98 Å². The predicted molar refractivity (Wildman–Crippen MR) is 93.8 cm³/mol. The highest BCUT2D eigenvalue weighted by molar-refractivity contribution is 6.02. The van der Waals surface area contributed by atoms with Crippen LogP contribution in [0.4, 0.5) is 6.01 Å². The van der Waals surface area contributed by atoms with Crippen molar-refractivity contribution in [3.05, 3.63) is 72.8 Å². The molecule has 0 aliphatic rings. The third-order valence-electron chi connectivity index (χ3n) is 3.75. The lowest BCUT2D eigenvalue weighted by molar-refractivity contribution is 0.101. The van der Waals surface area contributed by atoms with Gasteiger partial charge in [0.15, 0.2) is 5.82 Å². The van der Waals surface area contributed by atoms with Gasteiger partial charge in [0.25, 0.3) is 5.91 Å². The molecule has 0 fully saturated rings. The van der Waals surface area contributed by atoms with Gasteiger partial charge in [-0.1, -0.05) is 6.07 Å². The SMILES string of the molecule is Cc1cccnc1-c1coc(NC(=O)c2cccn2-c2cnccn2)n1. The molecule has 128 valence electrons. The molecule has 4 rings (SSSR count). The normalized spacial score (nSPS) is 10.7. The number of pyridine rings is 1. The van der Waals surface area contributed by atoms with E-state index in [1.165, 1.54) is 6.26 Å². The van der Waals surface area contributed by atoms with Gasteiger partial charge < -0.3 is 4.42 Å². The molecule has 4 aromatic heterocycles. The molecule has 0 atom stereocenters. The molecule has 0 aliphatic carbocycles. The van der Waals surface area contributed by atoms with Crippen molar-refractivity contribution in [1.29, 1.82) is 0 Å². The lowest BCUT2D eigenvalue weighted by Gasteiger charge is -2.06. The number of rotatable bonds is 4. The van der Waals surface area contributed by atoms with Crippen LogP contribution in [0.3, 0.4) is 0 Å². The Morgan fingerprint density at radius 2 is 2.08 bits per heavy atom. The molecule has 4 heterocycles. The highest BCUT2D eigenvalue weighted by atomic mass is 16.4. The minimum absolute atomic E-state index is 0.0990. The molecule has 0 saturated heterocycles. The van der Waals surface area contributed by atoms with E-state index in [0.717, 1.165) is 5.56 Å². The Morgan fingerprint density at radius 1 is 1.15 bits per heavy atom. The number of anilines is 1. The topological polar surface area (TPSA) is 98.7 Å². The van der Waals surface area contributed by atoms with E-state index in [4.69, 9.17) is 4.42 Å². The molecule has 1 amide bonds. The van der Waals surface area contributed by atoms with Crippen molar-refractivity contribution in [3.63, 3.8) is 0 Å². The summed E-state index contributed by atoms with van der Waals surface area (Å²) in [7, 11) is 0. The average molecular weight is 346 g/mol. The van der Waals surface area contributed by atoms with Crippen LogP contribution < -0.4 is 5.32 Å². The summed E-state index contributed by atoms with van der Waals surface area (Å²) in [5.41, 5.74) is 2.62. The first-order chi connectivity index (χ1) is 12.7. The Morgan fingerprint density at radius 3 is 2.88 bits per heavy atom. The van der Waals surface area contributed by atoms with Crippen molar-refractivity contribution >= 4 is 11.9 Å². The van der Waals surface area contributed by atoms with Crippen LogP contribution in [0.1, 0.15) is 16.1 Å². The van der Waals surface area contributed by atoms with Crippen LogP contribution in [0.5, 0.6) is 0 Å². The summed E-state index contributed by atoms with van der Waals surface area (Å²) in [4.78, 5) is 29.4. The third-order valence-corrected chi connectivity index (χ3v) is 3.75. The van der Waals surface area contributed by atoms with Gasteiger partial charge in [-0.05, 0) is 30.7 Å². The maximum absolute atomic E-state index is 12.6. The lowest BCUT2D eigenvalue weighted by atomic mass is 10.2. The average Bonchev–Trinajstić information content (AvgIpc) is 3.32. The molecule has 4 aromatic rings. The fraction of sp³-hybridized carbons (Fsp3) is 0.0556. The first-order valence-electron chi connectivity index (χ1n) is 7.85. The summed E-state index contributed by atoms with van der Waals surface area (Å²) in [6.45, 7) is 1.93. The minimum atomic E-state index is -0.369. The zero-order valence-electron chi connectivity index (χ0n) is 13.8. The van der Waals surface area contributed by atoms with Crippen molar-refractivity contribution in [2.24, 2.45) is 0 Å². The zero-order valence-corrected chi connectivity index (χ0v) is 13.8. The molecule has 26 heavy (non-hydrogen) atoms. The molecule has 1 N–H and O–H groups in total. The van der Waals surface area contributed by atoms with Gasteiger partial charge in [-0.25, -0.2) is 4.98 Å². The van der Waals surface area contributed by atoms with Crippen molar-refractivity contribution in [2.45, 2.75) is 6.92 Å². The second kappa shape index (κ2) is 6.60. The van der Waals surface area contributed by atoms with Crippen molar-refractivity contribution in [1.82, 2.24) is 24.5 Å². The third kappa shape index (κ3) is 2.95. The van der Waals surface area contributed by atoms with Gasteiger partial charge in [0.1, 0.15) is 17.7 Å². The number of oxazole rings is 1. The van der Waals surface area contributed by atoms with Crippen LogP contribution in [-0.4, -0.2) is 30.4 Å². The molecule has 0 radical (unpaired) electrons. The number of amides is 1. The number of carbonyl (C=O) groups is 1. The van der Waals surface area contributed by atoms with Gasteiger partial charge >= 0.3 is 6.01 Å². The summed E-state index contributed by atoms with van der Waals surface area (Å²) < 4.78 is 7.00. The molecule has 0 spiro atoms. The van der Waals surface area contributed by atoms with E-state index in [0.29, 0.717) is 22.9 Å². The molecule has 8 heteroatoms. The molecular weight excluding hydrogens is 332 g/mol. The Bertz CT molecular complexity index is 1050. The van der Waals surface area contributed by atoms with E-state index >= 15 is 0 Å². The number of hydrogen-bond donors (Lipinski definition) is 1. The zero-order chi connectivity index (χ0) is 17.9. The summed E-state index contributed by atoms with van der Waals surface area (Å²) in [6, 6.07) is 7.31. The van der Waals surface area contributed by atoms with Crippen LogP contribution in [0.25, 0.3) is 17.2 Å². The molecule has 0 aliphatic heterocycles. The summed E-state index contributed by atoms with van der Waals surface area (Å²) >= 11 is 0. The number of hydrogen-bond acceptors (Lipinski definition) is 6. The van der Waals surface area contributed by atoms with Gasteiger partial charge in [0.2, 0.25) is 0 Å². The van der Waals surface area contributed by atoms with Crippen molar-refractivity contribution in [3.8, 4) is 17.2 Å². The second-order valence-electron chi connectivity index (χ2n) is 5.49. The predicted octanol–water partition coefficient (Wildman–Crippen LogP) is 2.88. The summed E-state index contributed by atoms with van der Waals surface area (Å²) in [5, 5.41) is 2.65. The monoisotopic (exact) mass is 346 g/mol. The number of aryl methyl sites for hydroxylation is 1. The maximum atomic E-state index is 12.6. The van der Waals surface area contributed by atoms with Gasteiger partial charge in [0, 0.05) is 24.8 Å². The largest absolute Gasteiger partial charge is 0.431 e. The number of nitrogens with zero attached hydrogens (tertiary/aromatic N) is 5. The van der Waals surface area contributed by atoms with Crippen LogP contribution in [0.15, 0.2) is 65.9 Å². The maximum Gasteiger partial charge on any atom is 0.302 e. The van der Waals surface area contributed by atoms with Crippen molar-refractivity contribution in [2.75, 3.05) is 5.32 Å². The van der Waals surface area contributed by atoms with Crippen molar-refractivity contribution < 1.29 is 9.21 Å². The molecule has 0 unspecified atom stereocenters. The first kappa shape index (κ1) is 15.7. The van der Waals surface area contributed by atoms with Gasteiger partial charge in [-0.15, -0.1) is 0 Å². The van der Waals surface area contributed by atoms with E-state index in [1.54, 1.807) is 47.7 Å². The molecule has 0 bridgehead atoms. The lowest BCUT2D eigenvalue weighted by Crippen LogP contribution is -2.16. The fourth-order valence-electron chi connectivity index (χ4n) is 2.54. The van der Waals surface area contributed by atoms with E-state index in [2.05, 4.69) is 25.3 Å². The van der Waals surface area contributed by atoms with E-state index < -0.39 is 0 Å². The smallest absolute Gasteiger partial charge is 0.302 e. The Kier molecular flexibility index (Phi) is 3.98. The quantitative estimate of drug-likeness (QED) is 0.610. The Labute approximate surface area is 148 Å². The molecule has 0 aromatic carbocycles. The summed E-state index contributed by atoms with van der Waals surface area (Å²) in [6.07, 6.45) is 9.59. The first-order valence-corrected chi connectivity index (χ1v) is 7.85. The second-order valence-corrected chi connectivity index (χ2v) is 5.49. The minimum Gasteiger partial charge on any atom is -0.431 e. The van der Waals surface area contributed by atoms with Gasteiger partial charge in [0.05, 0.1) is 11.9 Å². The summed E-state index contributed by atoms with van der Waals surface area (Å²) in [5.74, 6) is 0.173. The molecular formula is C18H14N6O2. The van der Waals surface area contributed by atoms with Crippen LogP contribution >= 0.6 is 0 Å². The van der Waals surface area contributed by atoms with E-state index in [-0.39, 0.29) is 11.9 Å². The fourth-order valence-corrected chi connectivity index (χ4v) is 2.54. The van der Waals surface area contributed by atoms with Crippen LogP contribution in [0.2, 0.25) is 0 Å². The highest BCUT2D eigenvalue weighted by Gasteiger charge is 2.16. The number of nitrogens with one attached hydrogen (secondary N) is 1. The van der Waals surface area contributed by atoms with E-state index in [1.807, 2.05) is 19.1 Å². The molecule has 8 nitrogen and oxygen atoms in total. The Hall–Kier alpha value is -3.81. The standard InChI is InChI=1S/C18H14N6O2/c1-12-4-2-6-21-16(12)13-11-26-18(22-13)23-17(25)14-5-3-9-24(14)15-10-19-7-8-20-15/h2-11H,1H3,(H,22,23,25). The number of carbonyl (C=O) groups excluding carboxylic acids is 1. The Balaban J connectivity index is 1.57. The molecule has 0 saturated carbocycles. The van der Waals surface area contributed by atoms with Crippen LogP contribution in [0, 0.1) is 6.92 Å². The van der Waals surface area contributed by atoms with Crippen LogP contribution in [-0.2, 0) is 0 Å². The van der Waals surface area contributed by atoms with E-state index in [9.17, 15) is 4.79 Å².